The number of H-pyrrole nitrogens is 1. The van der Waals surface area contributed by atoms with E-state index in [2.05, 4.69) is 33.6 Å². The monoisotopic (exact) mass is 417 g/mol. The van der Waals surface area contributed by atoms with E-state index in [0.29, 0.717) is 22.2 Å². The van der Waals surface area contributed by atoms with Gasteiger partial charge in [-0.3, -0.25) is 9.59 Å². The van der Waals surface area contributed by atoms with Crippen molar-refractivity contribution in [3.8, 4) is 17.2 Å². The van der Waals surface area contributed by atoms with Crippen molar-refractivity contribution in [1.82, 2.24) is 4.98 Å². The maximum absolute atomic E-state index is 12.1. The Balaban J connectivity index is 1.92. The molecule has 0 saturated carbocycles. The van der Waals surface area contributed by atoms with Gasteiger partial charge < -0.3 is 20.9 Å². The Hall–Kier alpha value is -3.70. The molecule has 0 radical (unpaired) electrons. The fourth-order valence-electron chi connectivity index (χ4n) is 3.70. The number of nitrogens with two attached hydrogens (primary N) is 1. The molecule has 0 saturated heterocycles. The van der Waals surface area contributed by atoms with Gasteiger partial charge in [0.2, 0.25) is 5.91 Å². The van der Waals surface area contributed by atoms with Crippen molar-refractivity contribution in [2.75, 3.05) is 16.1 Å². The van der Waals surface area contributed by atoms with Crippen LogP contribution in [0, 0.1) is 18.3 Å². The summed E-state index contributed by atoms with van der Waals surface area (Å²) in [5.41, 5.74) is 11.0. The lowest BCUT2D eigenvalue weighted by atomic mass is 9.94. The van der Waals surface area contributed by atoms with Gasteiger partial charge in [0.25, 0.3) is 5.91 Å². The van der Waals surface area contributed by atoms with E-state index in [0.717, 1.165) is 28.3 Å². The summed E-state index contributed by atoms with van der Waals surface area (Å²) in [4.78, 5) is 29.2. The zero-order chi connectivity index (χ0) is 21.3. The van der Waals surface area contributed by atoms with Crippen molar-refractivity contribution in [3.05, 3.63) is 59.3 Å². The highest BCUT2D eigenvalue weighted by Gasteiger charge is 2.20. The highest BCUT2D eigenvalue weighted by molar-refractivity contribution is 8.02. The molecule has 30 heavy (non-hydrogen) atoms. The second-order valence-electron chi connectivity index (χ2n) is 6.86. The molecule has 150 valence electrons. The first kappa shape index (κ1) is 19.6. The summed E-state index contributed by atoms with van der Waals surface area (Å²) in [7, 11) is 0. The molecule has 8 heteroatoms. The molecule has 3 aromatic rings. The Morgan fingerprint density at radius 2 is 2.13 bits per heavy atom. The standard InChI is InChI=1S/C22H19N5O2S/c1-13-14(3-2-4-18(13)27-9-10-30-12-27)15-5-6-16(22(24)29)21-20(15)17(11-25-21)26-19(28)7-8-23/h2-6,9-11,25H,7,12H2,1H3,(H2,24,29)(H,26,28). The van der Waals surface area contributed by atoms with E-state index in [9.17, 15) is 9.59 Å². The highest BCUT2D eigenvalue weighted by atomic mass is 32.2. The number of fused-ring (bicyclic) bond motifs is 1. The molecule has 0 aliphatic carbocycles. The third-order valence-corrected chi connectivity index (χ3v) is 5.81. The molecule has 1 aromatic heterocycles. The molecule has 4 rings (SSSR count). The van der Waals surface area contributed by atoms with Crippen LogP contribution >= 0.6 is 11.8 Å². The number of anilines is 2. The summed E-state index contributed by atoms with van der Waals surface area (Å²) >= 11 is 1.73. The largest absolute Gasteiger partial charge is 0.366 e. The molecule has 2 aromatic carbocycles. The molecule has 1 aliphatic heterocycles. The van der Waals surface area contributed by atoms with E-state index in [1.807, 2.05) is 30.5 Å². The zero-order valence-electron chi connectivity index (χ0n) is 16.2. The number of thioether (sulfide) groups is 1. The number of carbonyl (C=O) groups is 2. The van der Waals surface area contributed by atoms with Gasteiger partial charge in [0.1, 0.15) is 6.42 Å². The molecule has 7 nitrogen and oxygen atoms in total. The Morgan fingerprint density at radius 3 is 2.83 bits per heavy atom. The van der Waals surface area contributed by atoms with Crippen LogP contribution in [-0.4, -0.2) is 22.7 Å². The van der Waals surface area contributed by atoms with E-state index in [-0.39, 0.29) is 6.42 Å². The maximum Gasteiger partial charge on any atom is 0.250 e. The quantitative estimate of drug-likeness (QED) is 0.579. The molecule has 1 aliphatic rings. The van der Waals surface area contributed by atoms with Gasteiger partial charge in [-0.05, 0) is 41.2 Å². The van der Waals surface area contributed by atoms with Gasteiger partial charge in [-0.15, -0.1) is 11.8 Å². The van der Waals surface area contributed by atoms with Gasteiger partial charge in [-0.1, -0.05) is 18.2 Å². The smallest absolute Gasteiger partial charge is 0.250 e. The predicted octanol–water partition coefficient (Wildman–Crippen LogP) is 4.08. The number of nitriles is 1. The lowest BCUT2D eigenvalue weighted by Gasteiger charge is -2.20. The number of hydrogen-bond acceptors (Lipinski definition) is 5. The van der Waals surface area contributed by atoms with E-state index in [1.165, 1.54) is 0 Å². The summed E-state index contributed by atoms with van der Waals surface area (Å²) in [6, 6.07) is 11.4. The average Bonchev–Trinajstić information content (AvgIpc) is 3.38. The number of primary amides is 1. The van der Waals surface area contributed by atoms with Gasteiger partial charge in [0, 0.05) is 23.5 Å². The first-order chi connectivity index (χ1) is 14.5. The molecule has 4 N–H and O–H groups in total. The van der Waals surface area contributed by atoms with E-state index in [1.54, 1.807) is 24.0 Å². The maximum atomic E-state index is 12.1. The van der Waals surface area contributed by atoms with E-state index in [4.69, 9.17) is 11.0 Å². The number of aromatic nitrogens is 1. The number of nitrogens with one attached hydrogen (secondary N) is 2. The van der Waals surface area contributed by atoms with E-state index < -0.39 is 11.8 Å². The van der Waals surface area contributed by atoms with Crippen LogP contribution < -0.4 is 16.0 Å². The summed E-state index contributed by atoms with van der Waals surface area (Å²) in [5, 5.41) is 14.3. The van der Waals surface area contributed by atoms with Crippen LogP contribution in [0.5, 0.6) is 0 Å². The van der Waals surface area contributed by atoms with Crippen LogP contribution in [0.1, 0.15) is 22.3 Å². The van der Waals surface area contributed by atoms with E-state index >= 15 is 0 Å². The SMILES string of the molecule is Cc1c(-c2ccc(C(N)=O)c3[nH]cc(NC(=O)CC#N)c23)cccc1N1C=CSC1. The molecule has 0 bridgehead atoms. The number of aromatic amines is 1. The normalized spacial score (nSPS) is 12.9. The van der Waals surface area contributed by atoms with Gasteiger partial charge in [0.15, 0.2) is 0 Å². The van der Waals surface area contributed by atoms with Crippen molar-refractivity contribution in [1.29, 1.82) is 5.26 Å². The summed E-state index contributed by atoms with van der Waals surface area (Å²) in [5.74, 6) is -0.133. The second kappa shape index (κ2) is 7.97. The predicted molar refractivity (Wildman–Crippen MR) is 120 cm³/mol. The van der Waals surface area contributed by atoms with Crippen LogP contribution in [0.2, 0.25) is 0 Å². The summed E-state index contributed by atoms with van der Waals surface area (Å²) in [6.07, 6.45) is 3.41. The average molecular weight is 417 g/mol. The van der Waals surface area contributed by atoms with Crippen LogP contribution in [-0.2, 0) is 4.79 Å². The number of amides is 2. The fourth-order valence-corrected chi connectivity index (χ4v) is 4.41. The first-order valence-corrected chi connectivity index (χ1v) is 10.3. The number of hydrogen-bond donors (Lipinski definition) is 3. The lowest BCUT2D eigenvalue weighted by Crippen LogP contribution is -2.13. The van der Waals surface area contributed by atoms with Crippen molar-refractivity contribution < 1.29 is 9.59 Å². The molecule has 0 atom stereocenters. The summed E-state index contributed by atoms with van der Waals surface area (Å²) < 4.78 is 0. The van der Waals surface area contributed by atoms with Crippen molar-refractivity contribution in [2.45, 2.75) is 13.3 Å². The number of nitrogens with zero attached hydrogens (tertiary/aromatic N) is 2. The zero-order valence-corrected chi connectivity index (χ0v) is 17.0. The second-order valence-corrected chi connectivity index (χ2v) is 7.72. The van der Waals surface area contributed by atoms with Crippen LogP contribution in [0.4, 0.5) is 11.4 Å². The van der Waals surface area contributed by atoms with Gasteiger partial charge in [0.05, 0.1) is 28.7 Å². The number of benzene rings is 2. The van der Waals surface area contributed by atoms with Gasteiger partial charge in [-0.25, -0.2) is 0 Å². The number of carbonyl (C=O) groups excluding carboxylic acids is 2. The Kier molecular flexibility index (Phi) is 5.21. The van der Waals surface area contributed by atoms with Gasteiger partial charge in [-0.2, -0.15) is 5.26 Å². The minimum Gasteiger partial charge on any atom is -0.366 e. The topological polar surface area (TPSA) is 115 Å². The van der Waals surface area contributed by atoms with Crippen molar-refractivity contribution in [2.24, 2.45) is 5.73 Å². The lowest BCUT2D eigenvalue weighted by molar-refractivity contribution is -0.115. The minimum atomic E-state index is -0.562. The summed E-state index contributed by atoms with van der Waals surface area (Å²) in [6.45, 7) is 2.05. The Morgan fingerprint density at radius 1 is 1.30 bits per heavy atom. The molecular weight excluding hydrogens is 398 g/mol. The minimum absolute atomic E-state index is 0.259. The molecule has 0 fully saturated rings. The Labute approximate surface area is 177 Å². The van der Waals surface area contributed by atoms with Crippen LogP contribution in [0.25, 0.3) is 22.0 Å². The number of rotatable bonds is 5. The first-order valence-electron chi connectivity index (χ1n) is 9.27. The van der Waals surface area contributed by atoms with Crippen molar-refractivity contribution in [3.63, 3.8) is 0 Å². The molecule has 2 heterocycles. The highest BCUT2D eigenvalue weighted by Crippen LogP contribution is 2.40. The fraction of sp³-hybridized carbons (Fsp3) is 0.136. The molecular formula is C22H19N5O2S. The van der Waals surface area contributed by atoms with Crippen LogP contribution in [0.15, 0.2) is 48.1 Å². The third kappa shape index (κ3) is 3.40. The van der Waals surface area contributed by atoms with Crippen LogP contribution in [0.3, 0.4) is 0 Å². The molecule has 2 amide bonds. The molecule has 0 unspecified atom stereocenters. The van der Waals surface area contributed by atoms with Crippen molar-refractivity contribution >= 4 is 45.9 Å². The third-order valence-electron chi connectivity index (χ3n) is 5.07. The Bertz CT molecular complexity index is 1240. The molecule has 0 spiro atoms. The van der Waals surface area contributed by atoms with Gasteiger partial charge >= 0.3 is 0 Å².